The van der Waals surface area contributed by atoms with Crippen molar-refractivity contribution in [1.29, 1.82) is 0 Å². The quantitative estimate of drug-likeness (QED) is 0.500. The Kier molecular flexibility index (Phi) is 6.01. The van der Waals surface area contributed by atoms with E-state index in [1.165, 1.54) is 54.6 Å². The van der Waals surface area contributed by atoms with Crippen LogP contribution in [0.3, 0.4) is 0 Å². The molecule has 0 spiro atoms. The summed E-state index contributed by atoms with van der Waals surface area (Å²) in [5.74, 6) is 0. The third-order valence-corrected chi connectivity index (χ3v) is 7.55. The fraction of sp³-hybridized carbons (Fsp3) is 0.407. The zero-order valence-electron chi connectivity index (χ0n) is 19.0. The van der Waals surface area contributed by atoms with E-state index in [-0.39, 0.29) is 12.1 Å². The van der Waals surface area contributed by atoms with Crippen LogP contribution in [0, 0.1) is 13.8 Å². The number of thiocarbonyl (C=S) groups is 1. The molecule has 0 amide bonds. The van der Waals surface area contributed by atoms with Crippen LogP contribution in [0.1, 0.15) is 72.4 Å². The SMILES string of the molecule is Cc1cc([C@H]2[C@H](c3ccccn3)NC(=S)N2C2CCCCC2)c(C)n1Cc1ccccc1. The van der Waals surface area contributed by atoms with Gasteiger partial charge in [-0.15, -0.1) is 0 Å². The standard InChI is InChI=1S/C27H32N4S/c1-19-17-23(20(2)30(19)18-21-11-5-3-6-12-21)26-25(24-15-9-10-16-28-24)29-27(32)31(26)22-13-7-4-8-14-22/h3,5-6,9-12,15-17,22,25-26H,4,7-8,13-14,18H2,1-2H3,(H,29,32)/t25-,26-/m0/s1. The van der Waals surface area contributed by atoms with Gasteiger partial charge in [0.25, 0.3) is 0 Å². The normalized spacial score (nSPS) is 21.7. The summed E-state index contributed by atoms with van der Waals surface area (Å²) < 4.78 is 2.45. The predicted octanol–water partition coefficient (Wildman–Crippen LogP) is 5.85. The molecule has 1 aliphatic heterocycles. The first-order valence-corrected chi connectivity index (χ1v) is 12.2. The molecule has 1 aromatic carbocycles. The Morgan fingerprint density at radius 2 is 1.75 bits per heavy atom. The fourth-order valence-corrected chi connectivity index (χ4v) is 5.98. The van der Waals surface area contributed by atoms with E-state index in [1.54, 1.807) is 0 Å². The Labute approximate surface area is 196 Å². The van der Waals surface area contributed by atoms with Crippen molar-refractivity contribution in [2.45, 2.75) is 70.6 Å². The highest BCUT2D eigenvalue weighted by molar-refractivity contribution is 7.80. The number of pyridine rings is 1. The highest BCUT2D eigenvalue weighted by atomic mass is 32.1. The number of benzene rings is 1. The molecule has 5 heteroatoms. The lowest BCUT2D eigenvalue weighted by atomic mass is 9.90. The molecule has 2 aromatic heterocycles. The van der Waals surface area contributed by atoms with E-state index >= 15 is 0 Å². The van der Waals surface area contributed by atoms with Crippen molar-refractivity contribution in [2.75, 3.05) is 0 Å². The molecule has 32 heavy (non-hydrogen) atoms. The Balaban J connectivity index is 1.56. The molecule has 166 valence electrons. The van der Waals surface area contributed by atoms with Crippen LogP contribution in [-0.2, 0) is 6.54 Å². The van der Waals surface area contributed by atoms with Gasteiger partial charge in [0.1, 0.15) is 0 Å². The van der Waals surface area contributed by atoms with Crippen LogP contribution in [0.25, 0.3) is 0 Å². The molecule has 2 atom stereocenters. The largest absolute Gasteiger partial charge is 0.352 e. The lowest BCUT2D eigenvalue weighted by Crippen LogP contribution is -2.40. The molecule has 1 saturated carbocycles. The van der Waals surface area contributed by atoms with Gasteiger partial charge in [-0.3, -0.25) is 4.98 Å². The Bertz CT molecular complexity index is 1070. The summed E-state index contributed by atoms with van der Waals surface area (Å²) in [4.78, 5) is 7.24. The Morgan fingerprint density at radius 1 is 1.00 bits per heavy atom. The smallest absolute Gasteiger partial charge is 0.170 e. The zero-order chi connectivity index (χ0) is 22.1. The molecule has 5 rings (SSSR count). The van der Waals surface area contributed by atoms with E-state index in [2.05, 4.69) is 77.2 Å². The summed E-state index contributed by atoms with van der Waals surface area (Å²) in [6.45, 7) is 5.38. The number of rotatable bonds is 5. The van der Waals surface area contributed by atoms with Gasteiger partial charge in [-0.05, 0) is 68.2 Å². The van der Waals surface area contributed by atoms with Crippen LogP contribution in [0.5, 0.6) is 0 Å². The maximum atomic E-state index is 5.94. The van der Waals surface area contributed by atoms with Gasteiger partial charge in [0, 0.05) is 30.2 Å². The van der Waals surface area contributed by atoms with E-state index in [1.807, 2.05) is 12.3 Å². The van der Waals surface area contributed by atoms with Crippen molar-refractivity contribution in [3.8, 4) is 0 Å². The summed E-state index contributed by atoms with van der Waals surface area (Å²) >= 11 is 5.94. The molecular formula is C27H32N4S. The predicted molar refractivity (Wildman–Crippen MR) is 134 cm³/mol. The van der Waals surface area contributed by atoms with Crippen molar-refractivity contribution in [1.82, 2.24) is 19.8 Å². The monoisotopic (exact) mass is 444 g/mol. The minimum absolute atomic E-state index is 0.0660. The van der Waals surface area contributed by atoms with Gasteiger partial charge in [-0.2, -0.15) is 0 Å². The number of hydrogen-bond acceptors (Lipinski definition) is 2. The van der Waals surface area contributed by atoms with E-state index in [9.17, 15) is 0 Å². The number of aromatic nitrogens is 2. The molecule has 0 unspecified atom stereocenters. The highest BCUT2D eigenvalue weighted by Gasteiger charge is 2.44. The number of hydrogen-bond donors (Lipinski definition) is 1. The second kappa shape index (κ2) is 9.07. The van der Waals surface area contributed by atoms with E-state index in [0.29, 0.717) is 6.04 Å². The van der Waals surface area contributed by atoms with Gasteiger partial charge < -0.3 is 14.8 Å². The Hall–Kier alpha value is -2.66. The maximum Gasteiger partial charge on any atom is 0.170 e. The molecule has 0 bridgehead atoms. The molecule has 1 N–H and O–H groups in total. The van der Waals surface area contributed by atoms with Crippen LogP contribution in [0.15, 0.2) is 60.8 Å². The summed E-state index contributed by atoms with van der Waals surface area (Å²) in [5.41, 5.74) is 6.37. The molecule has 1 aliphatic carbocycles. The van der Waals surface area contributed by atoms with Crippen LogP contribution in [0.2, 0.25) is 0 Å². The zero-order valence-corrected chi connectivity index (χ0v) is 19.8. The van der Waals surface area contributed by atoms with Gasteiger partial charge >= 0.3 is 0 Å². The van der Waals surface area contributed by atoms with Crippen molar-refractivity contribution in [3.63, 3.8) is 0 Å². The summed E-state index contributed by atoms with van der Waals surface area (Å²) in [6.07, 6.45) is 8.24. The van der Waals surface area contributed by atoms with Crippen LogP contribution in [0.4, 0.5) is 0 Å². The third-order valence-electron chi connectivity index (χ3n) is 7.22. The summed E-state index contributed by atoms with van der Waals surface area (Å²) in [5, 5.41) is 4.54. The lowest BCUT2D eigenvalue weighted by Gasteiger charge is -2.37. The summed E-state index contributed by atoms with van der Waals surface area (Å²) in [7, 11) is 0. The molecule has 3 aromatic rings. The number of aryl methyl sites for hydroxylation is 1. The highest BCUT2D eigenvalue weighted by Crippen LogP contribution is 2.44. The van der Waals surface area contributed by atoms with Gasteiger partial charge in [-0.25, -0.2) is 0 Å². The first kappa shape index (κ1) is 21.2. The maximum absolute atomic E-state index is 5.94. The van der Waals surface area contributed by atoms with Gasteiger partial charge in [0.05, 0.1) is 17.8 Å². The summed E-state index contributed by atoms with van der Waals surface area (Å²) in [6, 6.07) is 20.0. The molecule has 2 fully saturated rings. The van der Waals surface area contributed by atoms with E-state index < -0.39 is 0 Å². The molecule has 1 saturated heterocycles. The van der Waals surface area contributed by atoms with Gasteiger partial charge in [0.2, 0.25) is 0 Å². The molecule has 0 radical (unpaired) electrons. The topological polar surface area (TPSA) is 33.1 Å². The second-order valence-corrected chi connectivity index (χ2v) is 9.61. The van der Waals surface area contributed by atoms with Crippen molar-refractivity contribution >= 4 is 17.3 Å². The van der Waals surface area contributed by atoms with Gasteiger partial charge in [-0.1, -0.05) is 55.7 Å². The Morgan fingerprint density at radius 3 is 2.47 bits per heavy atom. The third kappa shape index (κ3) is 3.95. The average molecular weight is 445 g/mol. The number of nitrogens with zero attached hydrogens (tertiary/aromatic N) is 3. The van der Waals surface area contributed by atoms with Gasteiger partial charge in [0.15, 0.2) is 5.11 Å². The first-order valence-electron chi connectivity index (χ1n) is 11.8. The minimum atomic E-state index is 0.0660. The first-order chi connectivity index (χ1) is 15.6. The molecule has 4 nitrogen and oxygen atoms in total. The fourth-order valence-electron chi connectivity index (χ4n) is 5.59. The van der Waals surface area contributed by atoms with Crippen LogP contribution < -0.4 is 5.32 Å². The van der Waals surface area contributed by atoms with E-state index in [0.717, 1.165) is 17.4 Å². The van der Waals surface area contributed by atoms with E-state index in [4.69, 9.17) is 17.2 Å². The minimum Gasteiger partial charge on any atom is -0.352 e. The average Bonchev–Trinajstić information content (AvgIpc) is 3.32. The molecule has 3 heterocycles. The molecular weight excluding hydrogens is 412 g/mol. The second-order valence-electron chi connectivity index (χ2n) is 9.22. The van der Waals surface area contributed by atoms with Crippen molar-refractivity contribution < 1.29 is 0 Å². The van der Waals surface area contributed by atoms with Crippen molar-refractivity contribution in [2.24, 2.45) is 0 Å². The van der Waals surface area contributed by atoms with Crippen LogP contribution >= 0.6 is 12.2 Å². The van der Waals surface area contributed by atoms with Crippen molar-refractivity contribution in [3.05, 3.63) is 89.0 Å². The van der Waals surface area contributed by atoms with Crippen LogP contribution in [-0.4, -0.2) is 25.6 Å². The molecule has 2 aliphatic rings. The lowest BCUT2D eigenvalue weighted by molar-refractivity contribution is 0.196. The number of nitrogens with one attached hydrogen (secondary N) is 1.